The van der Waals surface area contributed by atoms with E-state index in [-0.39, 0.29) is 23.7 Å². The Bertz CT molecular complexity index is 1080. The fourth-order valence-electron chi connectivity index (χ4n) is 2.72. The maximum atomic E-state index is 12.9. The van der Waals surface area contributed by atoms with Crippen molar-refractivity contribution in [1.29, 1.82) is 0 Å². The summed E-state index contributed by atoms with van der Waals surface area (Å²) in [6.07, 6.45) is -0.648. The van der Waals surface area contributed by atoms with Crippen LogP contribution in [0.3, 0.4) is 0 Å². The molecule has 0 aliphatic rings. The number of hydrogen-bond donors (Lipinski definition) is 3. The van der Waals surface area contributed by atoms with Crippen molar-refractivity contribution in [1.82, 2.24) is 4.72 Å². The van der Waals surface area contributed by atoms with Crippen molar-refractivity contribution in [3.63, 3.8) is 0 Å². The maximum Gasteiger partial charge on any atom is 0.411 e. The largest absolute Gasteiger partial charge is 0.447 e. The predicted molar refractivity (Wildman–Crippen MR) is 122 cm³/mol. The molecule has 10 heteroatoms. The van der Waals surface area contributed by atoms with Crippen LogP contribution in [-0.4, -0.2) is 46.3 Å². The van der Waals surface area contributed by atoms with Crippen molar-refractivity contribution in [2.45, 2.75) is 38.1 Å². The summed E-state index contributed by atoms with van der Waals surface area (Å²) in [7, 11) is -2.29. The summed E-state index contributed by atoms with van der Waals surface area (Å²) in [6.45, 7) is 7.32. The van der Waals surface area contributed by atoms with Gasteiger partial charge in [-0.05, 0) is 63.6 Å². The van der Waals surface area contributed by atoms with Gasteiger partial charge in [0.15, 0.2) is 0 Å². The highest BCUT2D eigenvalue weighted by molar-refractivity contribution is 7.89. The quantitative estimate of drug-likeness (QED) is 0.515. The first-order valence-electron chi connectivity index (χ1n) is 9.90. The highest BCUT2D eigenvalue weighted by Crippen LogP contribution is 2.20. The summed E-state index contributed by atoms with van der Waals surface area (Å²) < 4.78 is 37.6. The number of ether oxygens (including phenoxy) is 2. The van der Waals surface area contributed by atoms with Crippen LogP contribution in [0, 0.1) is 6.92 Å². The van der Waals surface area contributed by atoms with E-state index in [0.29, 0.717) is 16.9 Å². The van der Waals surface area contributed by atoms with E-state index < -0.39 is 27.6 Å². The number of anilines is 2. The van der Waals surface area contributed by atoms with Crippen molar-refractivity contribution in [3.05, 3.63) is 53.6 Å². The average molecular weight is 464 g/mol. The Morgan fingerprint density at radius 3 is 2.25 bits per heavy atom. The van der Waals surface area contributed by atoms with Crippen LogP contribution in [0.15, 0.2) is 47.4 Å². The van der Waals surface area contributed by atoms with Gasteiger partial charge in [-0.15, -0.1) is 0 Å². The van der Waals surface area contributed by atoms with E-state index in [1.54, 1.807) is 58.0 Å². The van der Waals surface area contributed by atoms with Gasteiger partial charge in [0.25, 0.3) is 5.91 Å². The highest BCUT2D eigenvalue weighted by atomic mass is 32.2. The fraction of sp³-hybridized carbons (Fsp3) is 0.364. The number of benzene rings is 2. The van der Waals surface area contributed by atoms with Crippen LogP contribution >= 0.6 is 0 Å². The van der Waals surface area contributed by atoms with Crippen LogP contribution in [0.25, 0.3) is 0 Å². The first-order chi connectivity index (χ1) is 14.9. The molecule has 174 valence electrons. The molecule has 9 nitrogen and oxygen atoms in total. The van der Waals surface area contributed by atoms with Crippen LogP contribution in [0.1, 0.15) is 36.7 Å². The highest BCUT2D eigenvalue weighted by Gasteiger charge is 2.23. The molecule has 3 N–H and O–H groups in total. The molecule has 0 fully saturated rings. The first-order valence-corrected chi connectivity index (χ1v) is 11.4. The molecule has 0 unspecified atom stereocenters. The molecule has 0 bridgehead atoms. The third-order valence-corrected chi connectivity index (χ3v) is 5.85. The predicted octanol–water partition coefficient (Wildman–Crippen LogP) is 3.52. The third kappa shape index (κ3) is 7.63. The zero-order valence-corrected chi connectivity index (χ0v) is 19.6. The number of carbonyl (C=O) groups excluding carboxylic acids is 2. The molecule has 2 rings (SSSR count). The molecule has 2 aromatic rings. The number of sulfonamides is 1. The monoisotopic (exact) mass is 463 g/mol. The van der Waals surface area contributed by atoms with E-state index in [1.807, 2.05) is 0 Å². The minimum atomic E-state index is -3.79. The zero-order chi connectivity index (χ0) is 23.9. The summed E-state index contributed by atoms with van der Waals surface area (Å²) in [6, 6.07) is 10.9. The van der Waals surface area contributed by atoms with Crippen LogP contribution in [0.4, 0.5) is 16.2 Å². The molecule has 0 radical (unpaired) electrons. The summed E-state index contributed by atoms with van der Waals surface area (Å²) in [5.41, 5.74) is 1.02. The van der Waals surface area contributed by atoms with E-state index >= 15 is 0 Å². The molecule has 0 atom stereocenters. The standard InChI is InChI=1S/C22H29N3O6S/c1-15-9-10-18(32(28,29)25-22(2,3)4)14-19(15)20(26)23-16-7-6-8-17(13-16)24-21(27)31-12-11-30-5/h6-10,13-14,25H,11-12H2,1-5H3,(H,23,26)(H,24,27). The van der Waals surface area contributed by atoms with Gasteiger partial charge in [-0.1, -0.05) is 12.1 Å². The van der Waals surface area contributed by atoms with Crippen molar-refractivity contribution >= 4 is 33.4 Å². The van der Waals surface area contributed by atoms with Crippen molar-refractivity contribution < 1.29 is 27.5 Å². The molecule has 0 heterocycles. The Morgan fingerprint density at radius 1 is 0.969 bits per heavy atom. The van der Waals surface area contributed by atoms with E-state index in [0.717, 1.165) is 0 Å². The van der Waals surface area contributed by atoms with Crippen molar-refractivity contribution in [2.24, 2.45) is 0 Å². The Balaban J connectivity index is 2.17. The zero-order valence-electron chi connectivity index (χ0n) is 18.8. The van der Waals surface area contributed by atoms with Gasteiger partial charge in [0.1, 0.15) is 6.61 Å². The van der Waals surface area contributed by atoms with Crippen molar-refractivity contribution in [2.75, 3.05) is 31.0 Å². The lowest BCUT2D eigenvalue weighted by Crippen LogP contribution is -2.40. The number of rotatable bonds is 8. The topological polar surface area (TPSA) is 123 Å². The van der Waals surface area contributed by atoms with Crippen LogP contribution in [0.5, 0.6) is 0 Å². The molecule has 0 aliphatic carbocycles. The van der Waals surface area contributed by atoms with Gasteiger partial charge in [0.2, 0.25) is 10.0 Å². The average Bonchev–Trinajstić information content (AvgIpc) is 2.66. The Hall–Kier alpha value is -2.95. The molecule has 2 aromatic carbocycles. The van der Waals surface area contributed by atoms with E-state index in [2.05, 4.69) is 15.4 Å². The SMILES string of the molecule is COCCOC(=O)Nc1cccc(NC(=O)c2cc(S(=O)(=O)NC(C)(C)C)ccc2C)c1. The van der Waals surface area contributed by atoms with Crippen LogP contribution in [-0.2, 0) is 19.5 Å². The van der Waals surface area contributed by atoms with Gasteiger partial charge >= 0.3 is 6.09 Å². The smallest absolute Gasteiger partial charge is 0.411 e. The lowest BCUT2D eigenvalue weighted by Gasteiger charge is -2.20. The van der Waals surface area contributed by atoms with Gasteiger partial charge < -0.3 is 14.8 Å². The molecule has 0 aromatic heterocycles. The maximum absolute atomic E-state index is 12.9. The summed E-state index contributed by atoms with van der Waals surface area (Å²) >= 11 is 0. The van der Waals surface area contributed by atoms with Gasteiger partial charge in [0.05, 0.1) is 11.5 Å². The summed E-state index contributed by atoms with van der Waals surface area (Å²) in [4.78, 5) is 24.6. The molecular weight excluding hydrogens is 434 g/mol. The van der Waals surface area contributed by atoms with Crippen LogP contribution in [0.2, 0.25) is 0 Å². The van der Waals surface area contributed by atoms with Gasteiger partial charge in [-0.2, -0.15) is 0 Å². The van der Waals surface area contributed by atoms with E-state index in [1.165, 1.54) is 19.2 Å². The number of nitrogens with one attached hydrogen (secondary N) is 3. The second-order valence-electron chi connectivity index (χ2n) is 8.12. The van der Waals surface area contributed by atoms with Gasteiger partial charge in [-0.25, -0.2) is 17.9 Å². The number of aryl methyl sites for hydroxylation is 1. The molecule has 0 saturated heterocycles. The molecule has 0 spiro atoms. The molecule has 32 heavy (non-hydrogen) atoms. The fourth-order valence-corrected chi connectivity index (χ4v) is 4.16. The normalized spacial score (nSPS) is 11.7. The van der Waals surface area contributed by atoms with E-state index in [9.17, 15) is 18.0 Å². The second-order valence-corrected chi connectivity index (χ2v) is 9.80. The number of amides is 2. The summed E-state index contributed by atoms with van der Waals surface area (Å²) in [5.74, 6) is -0.477. The number of methoxy groups -OCH3 is 1. The molecular formula is C22H29N3O6S. The van der Waals surface area contributed by atoms with Crippen LogP contribution < -0.4 is 15.4 Å². The lowest BCUT2D eigenvalue weighted by atomic mass is 10.1. The van der Waals surface area contributed by atoms with E-state index in [4.69, 9.17) is 9.47 Å². The van der Waals surface area contributed by atoms with Gasteiger partial charge in [-0.3, -0.25) is 10.1 Å². The minimum Gasteiger partial charge on any atom is -0.447 e. The lowest BCUT2D eigenvalue weighted by molar-refractivity contribution is 0.102. The number of hydrogen-bond acceptors (Lipinski definition) is 6. The number of carbonyl (C=O) groups is 2. The third-order valence-electron chi connectivity index (χ3n) is 4.09. The molecule has 2 amide bonds. The second kappa shape index (κ2) is 10.6. The summed E-state index contributed by atoms with van der Waals surface area (Å²) in [5, 5.41) is 5.29. The van der Waals surface area contributed by atoms with Crippen molar-refractivity contribution in [3.8, 4) is 0 Å². The Labute approximate surface area is 188 Å². The Kier molecular flexibility index (Phi) is 8.37. The molecule has 0 saturated carbocycles. The van der Waals surface area contributed by atoms with Gasteiger partial charge in [0, 0.05) is 29.6 Å². The minimum absolute atomic E-state index is 0.00241. The first kappa shape index (κ1) is 25.3. The molecule has 0 aliphatic heterocycles. The Morgan fingerprint density at radius 2 is 1.62 bits per heavy atom.